The number of imide groups is 2. The fourth-order valence-electron chi connectivity index (χ4n) is 8.22. The molecule has 0 radical (unpaired) electrons. The molecule has 2 N–H and O–H groups in total. The quantitative estimate of drug-likeness (QED) is 0.0540. The van der Waals surface area contributed by atoms with E-state index in [9.17, 15) is 19.2 Å². The summed E-state index contributed by atoms with van der Waals surface area (Å²) in [6, 6.07) is 22.1. The Morgan fingerprint density at radius 3 is 2.18 bits per heavy atom. The van der Waals surface area contributed by atoms with E-state index in [4.69, 9.17) is 34.5 Å². The van der Waals surface area contributed by atoms with Crippen LogP contribution in [0.25, 0.3) is 22.3 Å². The van der Waals surface area contributed by atoms with Crippen molar-refractivity contribution in [1.82, 2.24) is 34.4 Å². The van der Waals surface area contributed by atoms with Crippen molar-refractivity contribution >= 4 is 48.6 Å². The molecule has 3 aliphatic heterocycles. The zero-order chi connectivity index (χ0) is 45.5. The third kappa shape index (κ3) is 10.7. The molecule has 8 rings (SSSR count). The number of nitrogens with two attached hydrogens (primary N) is 1. The maximum Gasteiger partial charge on any atom is 0.262 e. The first-order valence-electron chi connectivity index (χ1n) is 22.2. The van der Waals surface area contributed by atoms with E-state index >= 15 is 0 Å². The summed E-state index contributed by atoms with van der Waals surface area (Å²) in [6.45, 7) is 11.3. The van der Waals surface area contributed by atoms with E-state index in [1.54, 1.807) is 6.07 Å². The summed E-state index contributed by atoms with van der Waals surface area (Å²) in [6.07, 6.45) is 3.39. The summed E-state index contributed by atoms with van der Waals surface area (Å²) in [7, 11) is -1.37. The molecule has 5 heterocycles. The van der Waals surface area contributed by atoms with Crippen LogP contribution in [0.15, 0.2) is 79.1 Å². The molecule has 1 atom stereocenters. The van der Waals surface area contributed by atoms with Crippen LogP contribution in [0.5, 0.6) is 17.2 Å². The van der Waals surface area contributed by atoms with Crippen LogP contribution in [0.2, 0.25) is 25.7 Å². The molecule has 3 aromatic carbocycles. The molecule has 5 aromatic rings. The fraction of sp³-hybridized carbons (Fsp3) is 0.426. The third-order valence-electron chi connectivity index (χ3n) is 11.8. The Morgan fingerprint density at radius 2 is 1.43 bits per heavy atom. The molecule has 65 heavy (non-hydrogen) atoms. The van der Waals surface area contributed by atoms with Crippen molar-refractivity contribution in [2.75, 3.05) is 71.7 Å². The monoisotopic (exact) mass is 904 g/mol. The molecule has 18 heteroatoms. The van der Waals surface area contributed by atoms with Gasteiger partial charge in [-0.1, -0.05) is 37.8 Å². The zero-order valence-electron chi connectivity index (χ0n) is 37.1. The van der Waals surface area contributed by atoms with Gasteiger partial charge in [-0.3, -0.25) is 29.0 Å². The van der Waals surface area contributed by atoms with Crippen molar-refractivity contribution in [3.8, 4) is 28.5 Å². The Morgan fingerprint density at radius 1 is 0.738 bits per heavy atom. The van der Waals surface area contributed by atoms with Gasteiger partial charge in [0.05, 0.1) is 49.0 Å². The largest absolute Gasteiger partial charge is 0.491 e. The lowest BCUT2D eigenvalue weighted by molar-refractivity contribution is -0.158. The molecule has 0 aliphatic carbocycles. The average molecular weight is 905 g/mol. The lowest BCUT2D eigenvalue weighted by Crippen LogP contribution is -2.56. The van der Waals surface area contributed by atoms with Gasteiger partial charge >= 0.3 is 0 Å². The van der Waals surface area contributed by atoms with E-state index in [0.29, 0.717) is 44.6 Å². The van der Waals surface area contributed by atoms with Crippen LogP contribution in [-0.4, -0.2) is 138 Å². The van der Waals surface area contributed by atoms with E-state index in [-0.39, 0.29) is 49.3 Å². The van der Waals surface area contributed by atoms with Crippen LogP contribution in [0.3, 0.4) is 0 Å². The van der Waals surface area contributed by atoms with Crippen LogP contribution in [-0.2, 0) is 23.8 Å². The number of nitrogens with zero attached hydrogens (tertiary/aromatic N) is 7. The molecule has 1 unspecified atom stereocenters. The second-order valence-corrected chi connectivity index (χ2v) is 23.2. The maximum atomic E-state index is 13.5. The van der Waals surface area contributed by atoms with E-state index in [1.807, 2.05) is 59.3 Å². The van der Waals surface area contributed by atoms with Crippen molar-refractivity contribution in [3.63, 3.8) is 0 Å². The molecule has 0 saturated carbocycles. The summed E-state index contributed by atoms with van der Waals surface area (Å²) < 4.78 is 31.1. The molecule has 342 valence electrons. The van der Waals surface area contributed by atoms with Crippen molar-refractivity contribution in [2.45, 2.75) is 63.5 Å². The van der Waals surface area contributed by atoms with Gasteiger partial charge in [-0.2, -0.15) is 5.10 Å². The van der Waals surface area contributed by atoms with Crippen molar-refractivity contribution in [1.29, 1.82) is 0 Å². The Kier molecular flexibility index (Phi) is 14.3. The van der Waals surface area contributed by atoms with E-state index < -0.39 is 31.8 Å². The van der Waals surface area contributed by atoms with Crippen LogP contribution >= 0.6 is 0 Å². The van der Waals surface area contributed by atoms with Gasteiger partial charge in [0.1, 0.15) is 54.5 Å². The number of ether oxygens (including phenoxy) is 5. The van der Waals surface area contributed by atoms with Gasteiger partial charge in [0, 0.05) is 46.3 Å². The number of carbonyl (C=O) groups excluding carboxylic acids is 4. The number of para-hydroxylation sites is 1. The molecule has 4 amide bonds. The van der Waals surface area contributed by atoms with E-state index in [1.165, 1.54) is 18.5 Å². The molecule has 3 aliphatic rings. The molecule has 2 aromatic heterocycles. The number of piperidine rings is 2. The molecular formula is C47H56N8O9Si. The number of rotatable bonds is 20. The van der Waals surface area contributed by atoms with Crippen LogP contribution < -0.4 is 15.2 Å². The SMILES string of the molecule is C[Si](C)(C)CCOCN1C(=O)CCC(N2C(=O)c3ccc(OCCOCCOCCN4CCC(n5nc(-c6ccc(Oc7ccccc7)cc6)c6c(N)ncnc65)CC4)cc3C2=O)C1=O. The number of amides is 4. The van der Waals surface area contributed by atoms with Gasteiger partial charge in [-0.15, -0.1) is 0 Å². The maximum absolute atomic E-state index is 13.5. The minimum Gasteiger partial charge on any atom is -0.491 e. The lowest BCUT2D eigenvalue weighted by Gasteiger charge is -2.34. The predicted molar refractivity (Wildman–Crippen MR) is 244 cm³/mol. The highest BCUT2D eigenvalue weighted by molar-refractivity contribution is 6.76. The number of carbonyl (C=O) groups is 4. The standard InChI is InChI=1S/C47H56N8O9Si/c1-65(2,3)28-27-62-31-53-40(56)16-15-39(47(53)59)54-45(57)37-14-13-36(29-38(37)46(54)58)63-26-25-61-24-23-60-22-21-52-19-17-33(18-20-52)55-44-41(43(48)49-30-50-44)42(51-55)32-9-11-35(12-10-32)64-34-7-5-4-6-8-34/h4-14,29-30,33,39H,15-28,31H2,1-3H3,(H2,48,49,50). The topological polar surface area (TPSA) is 194 Å². The Balaban J connectivity index is 0.733. The average Bonchev–Trinajstić information content (AvgIpc) is 3.81. The van der Waals surface area contributed by atoms with E-state index in [2.05, 4.69) is 34.5 Å². The fourth-order valence-corrected chi connectivity index (χ4v) is 8.98. The number of hydrogen-bond acceptors (Lipinski definition) is 14. The Labute approximate surface area is 378 Å². The van der Waals surface area contributed by atoms with Gasteiger partial charge in [0.15, 0.2) is 5.65 Å². The second kappa shape index (κ2) is 20.4. The summed E-state index contributed by atoms with van der Waals surface area (Å²) in [5, 5.41) is 5.80. The number of benzene rings is 3. The normalized spacial score (nSPS) is 17.4. The number of nitrogen functional groups attached to an aromatic ring is 1. The third-order valence-corrected chi connectivity index (χ3v) is 13.6. The number of hydrogen-bond donors (Lipinski definition) is 1. The van der Waals surface area contributed by atoms with Crippen molar-refractivity contribution in [2.24, 2.45) is 0 Å². The van der Waals surface area contributed by atoms with Gasteiger partial charge in [-0.05, 0) is 79.9 Å². The number of anilines is 1. The zero-order valence-corrected chi connectivity index (χ0v) is 38.1. The molecule has 0 spiro atoms. The van der Waals surface area contributed by atoms with Gasteiger partial charge in [0.25, 0.3) is 17.7 Å². The van der Waals surface area contributed by atoms with Crippen LogP contribution in [0, 0.1) is 0 Å². The Bertz CT molecular complexity index is 2490. The highest BCUT2D eigenvalue weighted by Gasteiger charge is 2.47. The summed E-state index contributed by atoms with van der Waals surface area (Å²) in [4.78, 5) is 66.1. The first kappa shape index (κ1) is 45.5. The van der Waals surface area contributed by atoms with Gasteiger partial charge in [0.2, 0.25) is 5.91 Å². The Hall–Kier alpha value is -6.05. The first-order valence-corrected chi connectivity index (χ1v) is 25.9. The number of aromatic nitrogens is 4. The number of likely N-dealkylation sites (tertiary alicyclic amines) is 2. The molecular weight excluding hydrogens is 849 g/mol. The molecule has 2 fully saturated rings. The minimum atomic E-state index is -1.37. The molecule has 17 nitrogen and oxygen atoms in total. The van der Waals surface area contributed by atoms with Gasteiger partial charge in [-0.25, -0.2) is 14.6 Å². The lowest BCUT2D eigenvalue weighted by atomic mass is 10.0. The highest BCUT2D eigenvalue weighted by atomic mass is 28.3. The van der Waals surface area contributed by atoms with Crippen molar-refractivity contribution < 1.29 is 42.9 Å². The summed E-state index contributed by atoms with van der Waals surface area (Å²) >= 11 is 0. The predicted octanol–water partition coefficient (Wildman–Crippen LogP) is 6.04. The molecule has 2 saturated heterocycles. The van der Waals surface area contributed by atoms with E-state index in [0.717, 1.165) is 82.1 Å². The summed E-state index contributed by atoms with van der Waals surface area (Å²) in [5.74, 6) is 0.157. The first-order chi connectivity index (χ1) is 31.4. The van der Waals surface area contributed by atoms with Crippen LogP contribution in [0.1, 0.15) is 52.4 Å². The van der Waals surface area contributed by atoms with Crippen LogP contribution in [0.4, 0.5) is 5.82 Å². The molecule has 0 bridgehead atoms. The number of fused-ring (bicyclic) bond motifs is 2. The van der Waals surface area contributed by atoms with Gasteiger partial charge < -0.3 is 34.3 Å². The summed E-state index contributed by atoms with van der Waals surface area (Å²) in [5.41, 5.74) is 9.13. The van der Waals surface area contributed by atoms with Crippen molar-refractivity contribution in [3.05, 3.63) is 90.3 Å². The highest BCUT2D eigenvalue weighted by Crippen LogP contribution is 2.36. The second-order valence-electron chi connectivity index (χ2n) is 17.6. The minimum absolute atomic E-state index is 0.0323. The smallest absolute Gasteiger partial charge is 0.262 e.